The number of phosphoric ester groups is 2. The van der Waals surface area contributed by atoms with Crippen molar-refractivity contribution in [3.05, 3.63) is 0 Å². The molecule has 3 N–H and O–H groups in total. The first-order valence-electron chi connectivity index (χ1n) is 45.2. The normalized spacial score (nSPS) is 14.1. The lowest BCUT2D eigenvalue weighted by Gasteiger charge is -2.21. The first kappa shape index (κ1) is 105. The summed E-state index contributed by atoms with van der Waals surface area (Å²) in [5.74, 6) is 1.09. The van der Waals surface area contributed by atoms with Crippen molar-refractivity contribution < 1.29 is 80.2 Å². The van der Waals surface area contributed by atoms with Gasteiger partial charge in [-0.25, -0.2) is 9.13 Å². The van der Waals surface area contributed by atoms with E-state index in [-0.39, 0.29) is 25.7 Å². The summed E-state index contributed by atoms with van der Waals surface area (Å²) in [6.45, 7) is 14.4. The molecule has 0 saturated carbocycles. The number of hydrogen-bond donors (Lipinski definition) is 3. The molecule has 0 saturated heterocycles. The molecule has 19 heteroatoms. The van der Waals surface area contributed by atoms with Gasteiger partial charge in [-0.05, 0) is 49.4 Å². The Bertz CT molecular complexity index is 2080. The van der Waals surface area contributed by atoms with Gasteiger partial charge in [0.15, 0.2) is 12.2 Å². The number of aliphatic hydroxyl groups is 1. The topological polar surface area (TPSA) is 237 Å². The van der Waals surface area contributed by atoms with E-state index in [1.165, 1.54) is 263 Å². The second-order valence-corrected chi connectivity index (χ2v) is 36.2. The number of unbranched alkanes of at least 4 members (excludes halogenated alkanes) is 50. The average Bonchev–Trinajstić information content (AvgIpc) is 0.903. The van der Waals surface area contributed by atoms with Gasteiger partial charge in [-0.1, -0.05) is 409 Å². The second kappa shape index (κ2) is 76.7. The van der Waals surface area contributed by atoms with Gasteiger partial charge in [-0.15, -0.1) is 0 Å². The number of esters is 4. The fraction of sp³-hybridized carbons (Fsp3) is 0.955. The van der Waals surface area contributed by atoms with Gasteiger partial charge in [0.1, 0.15) is 19.3 Å². The lowest BCUT2D eigenvalue weighted by Crippen LogP contribution is -2.30. The summed E-state index contributed by atoms with van der Waals surface area (Å²) in [4.78, 5) is 73.3. The molecule has 17 nitrogen and oxygen atoms in total. The Morgan fingerprint density at radius 3 is 0.664 bits per heavy atom. The molecule has 3 unspecified atom stereocenters. The Kier molecular flexibility index (Phi) is 75.3. The Balaban J connectivity index is 5.27. The van der Waals surface area contributed by atoms with Crippen molar-refractivity contribution in [1.29, 1.82) is 0 Å². The van der Waals surface area contributed by atoms with E-state index in [9.17, 15) is 43.2 Å². The van der Waals surface area contributed by atoms with Crippen molar-refractivity contribution in [2.45, 2.75) is 478 Å². The molecule has 0 aromatic carbocycles. The molecule has 636 valence electrons. The zero-order valence-electron chi connectivity index (χ0n) is 70.8. The van der Waals surface area contributed by atoms with Gasteiger partial charge in [-0.3, -0.25) is 37.3 Å². The number of carbonyl (C=O) groups excluding carboxylic acids is 4. The summed E-state index contributed by atoms with van der Waals surface area (Å²) in [5.41, 5.74) is 0. The maximum atomic E-state index is 13.2. The molecule has 0 aliphatic heterocycles. The molecule has 0 aliphatic carbocycles. The monoisotopic (exact) mass is 1560 g/mol. The lowest BCUT2D eigenvalue weighted by molar-refractivity contribution is -0.161. The molecule has 0 radical (unpaired) electrons. The van der Waals surface area contributed by atoms with Crippen molar-refractivity contribution in [2.75, 3.05) is 39.6 Å². The Morgan fingerprint density at radius 1 is 0.262 bits per heavy atom. The number of phosphoric acid groups is 2. The van der Waals surface area contributed by atoms with Crippen LogP contribution in [0.1, 0.15) is 460 Å². The van der Waals surface area contributed by atoms with Crippen LogP contribution in [0, 0.1) is 23.7 Å². The molecule has 0 spiro atoms. The first-order chi connectivity index (χ1) is 51.6. The highest BCUT2D eigenvalue weighted by molar-refractivity contribution is 7.47. The SMILES string of the molecule is CCC(C)CCCCCCCCCCC(=O)OC[C@H](COP(=O)(O)OC[C@H](O)COP(=O)(O)OC[C@@H](COC(=O)CCCCCCCCCCCCCCCCCCC(C)C)OC(=O)CCCCCCCCCCCCCCCCCCC(C)C)OC(=O)CCCCCCCCCCCCCCCCC(C)C. The van der Waals surface area contributed by atoms with E-state index in [0.29, 0.717) is 25.7 Å². The molecule has 0 rings (SSSR count). The van der Waals surface area contributed by atoms with E-state index in [1.807, 2.05) is 0 Å². The number of hydrogen-bond acceptors (Lipinski definition) is 15. The third-order valence-corrected chi connectivity index (χ3v) is 22.8. The summed E-state index contributed by atoms with van der Waals surface area (Å²) in [5, 5.41) is 10.7. The van der Waals surface area contributed by atoms with E-state index in [1.54, 1.807) is 0 Å². The predicted octanol–water partition coefficient (Wildman–Crippen LogP) is 26.7. The van der Waals surface area contributed by atoms with Gasteiger partial charge in [0.05, 0.1) is 26.4 Å². The fourth-order valence-corrected chi connectivity index (χ4v) is 15.2. The van der Waals surface area contributed by atoms with Crippen LogP contribution in [-0.2, 0) is 65.4 Å². The van der Waals surface area contributed by atoms with Gasteiger partial charge in [0.2, 0.25) is 0 Å². The van der Waals surface area contributed by atoms with Gasteiger partial charge in [0.25, 0.3) is 0 Å². The third-order valence-electron chi connectivity index (χ3n) is 20.9. The van der Waals surface area contributed by atoms with Crippen molar-refractivity contribution >= 4 is 39.5 Å². The molecule has 6 atom stereocenters. The molecule has 0 aliphatic rings. The minimum atomic E-state index is -4.97. The Hall–Kier alpha value is -1.94. The molecule has 0 bridgehead atoms. The van der Waals surface area contributed by atoms with Crippen LogP contribution in [0.25, 0.3) is 0 Å². The highest BCUT2D eigenvalue weighted by atomic mass is 31.2. The predicted molar refractivity (Wildman–Crippen MR) is 441 cm³/mol. The molecule has 107 heavy (non-hydrogen) atoms. The average molecular weight is 1560 g/mol. The maximum absolute atomic E-state index is 13.2. The van der Waals surface area contributed by atoms with Crippen LogP contribution >= 0.6 is 15.6 Å². The molecule has 0 aromatic heterocycles. The largest absolute Gasteiger partial charge is 0.472 e. The summed E-state index contributed by atoms with van der Waals surface area (Å²) >= 11 is 0. The summed E-state index contributed by atoms with van der Waals surface area (Å²) in [6, 6.07) is 0. The van der Waals surface area contributed by atoms with Crippen LogP contribution in [-0.4, -0.2) is 96.7 Å². The van der Waals surface area contributed by atoms with E-state index >= 15 is 0 Å². The Labute approximate surface area is 658 Å². The van der Waals surface area contributed by atoms with Crippen LogP contribution in [0.5, 0.6) is 0 Å². The van der Waals surface area contributed by atoms with Crippen LogP contribution in [0.15, 0.2) is 0 Å². The van der Waals surface area contributed by atoms with E-state index in [0.717, 1.165) is 114 Å². The zero-order valence-corrected chi connectivity index (χ0v) is 72.6. The summed E-state index contributed by atoms with van der Waals surface area (Å²) in [7, 11) is -9.93. The van der Waals surface area contributed by atoms with Crippen molar-refractivity contribution in [2.24, 2.45) is 23.7 Å². The van der Waals surface area contributed by atoms with Gasteiger partial charge in [0, 0.05) is 25.7 Å². The van der Waals surface area contributed by atoms with Gasteiger partial charge < -0.3 is 33.8 Å². The van der Waals surface area contributed by atoms with Crippen molar-refractivity contribution in [1.82, 2.24) is 0 Å². The molecule has 0 fully saturated rings. The minimum Gasteiger partial charge on any atom is -0.462 e. The highest BCUT2D eigenvalue weighted by Crippen LogP contribution is 2.45. The molecule has 0 heterocycles. The van der Waals surface area contributed by atoms with Crippen LogP contribution in [0.2, 0.25) is 0 Å². The first-order valence-corrected chi connectivity index (χ1v) is 48.2. The molecule has 0 aromatic rings. The van der Waals surface area contributed by atoms with Gasteiger partial charge >= 0.3 is 39.5 Å². The molecular weight excluding hydrogens is 1390 g/mol. The number of rotatable bonds is 85. The third kappa shape index (κ3) is 80.5. The van der Waals surface area contributed by atoms with Crippen LogP contribution < -0.4 is 0 Å². The summed E-state index contributed by atoms with van der Waals surface area (Å²) < 4.78 is 69.0. The van der Waals surface area contributed by atoms with Gasteiger partial charge in [-0.2, -0.15) is 0 Å². The van der Waals surface area contributed by atoms with Crippen LogP contribution in [0.3, 0.4) is 0 Å². The summed E-state index contributed by atoms with van der Waals surface area (Å²) in [6.07, 6.45) is 66.5. The van der Waals surface area contributed by atoms with E-state index < -0.39 is 97.5 Å². The smallest absolute Gasteiger partial charge is 0.462 e. The molecular formula is C88H172O17P2. The van der Waals surface area contributed by atoms with E-state index in [4.69, 9.17) is 37.0 Å². The second-order valence-electron chi connectivity index (χ2n) is 33.3. The number of aliphatic hydroxyl groups excluding tert-OH is 1. The number of ether oxygens (including phenoxy) is 4. The van der Waals surface area contributed by atoms with Crippen molar-refractivity contribution in [3.63, 3.8) is 0 Å². The van der Waals surface area contributed by atoms with E-state index in [2.05, 4.69) is 55.4 Å². The maximum Gasteiger partial charge on any atom is 0.472 e. The highest BCUT2D eigenvalue weighted by Gasteiger charge is 2.31. The standard InChI is InChI=1S/C88H172O17P2/c1-9-81(8)67-59-51-43-38-39-45-53-61-69-86(91)99-75-84(105-88(93)71-63-55-47-37-31-25-19-18-22-28-34-42-50-58-66-80(6)7)77-103-107(96,97)101-73-82(89)72-100-106(94,95)102-76-83(104-87(92)70-62-54-46-36-30-24-17-13-11-15-21-27-33-41-49-57-65-79(4)5)74-98-85(90)68-60-52-44-35-29-23-16-12-10-14-20-26-32-40-48-56-64-78(2)3/h78-84,89H,9-77H2,1-8H3,(H,94,95)(H,96,97)/t81?,82-,83-,84-/m1/s1. The lowest BCUT2D eigenvalue weighted by atomic mass is 9.99. The molecule has 0 amide bonds. The van der Waals surface area contributed by atoms with Crippen molar-refractivity contribution in [3.8, 4) is 0 Å². The fourth-order valence-electron chi connectivity index (χ4n) is 13.6. The quantitative estimate of drug-likeness (QED) is 0.0222. The Morgan fingerprint density at radius 2 is 0.449 bits per heavy atom. The number of carbonyl (C=O) groups is 4. The van der Waals surface area contributed by atoms with Crippen LogP contribution in [0.4, 0.5) is 0 Å². The zero-order chi connectivity index (χ0) is 78.8. The minimum absolute atomic E-state index is 0.107.